The molecule has 1 aromatic carbocycles. The zero-order valence-electron chi connectivity index (χ0n) is 15.2. The van der Waals surface area contributed by atoms with Gasteiger partial charge in [0.05, 0.1) is 5.69 Å². The lowest BCUT2D eigenvalue weighted by Gasteiger charge is -2.27. The van der Waals surface area contributed by atoms with Gasteiger partial charge in [0.15, 0.2) is 0 Å². The number of fused-ring (bicyclic) bond motifs is 2. The highest BCUT2D eigenvalue weighted by atomic mass is 16.1. The fourth-order valence-corrected chi connectivity index (χ4v) is 4.16. The third-order valence-corrected chi connectivity index (χ3v) is 5.75. The minimum Gasteiger partial charge on any atom is -0.350 e. The average Bonchev–Trinajstić information content (AvgIpc) is 3.39. The molecule has 2 aliphatic rings. The molecular formula is C21H24N4O. The minimum absolute atomic E-state index is 0.0791. The van der Waals surface area contributed by atoms with Crippen LogP contribution in [-0.4, -0.2) is 26.0 Å². The number of para-hydroxylation sites is 1. The smallest absolute Gasteiger partial charge is 0.254 e. The molecule has 3 aromatic rings. The normalized spacial score (nSPS) is 17.6. The van der Waals surface area contributed by atoms with Crippen molar-refractivity contribution in [3.05, 3.63) is 63.5 Å². The van der Waals surface area contributed by atoms with Gasteiger partial charge < -0.3 is 9.55 Å². The van der Waals surface area contributed by atoms with Crippen LogP contribution in [0.25, 0.3) is 10.9 Å². The largest absolute Gasteiger partial charge is 0.350 e. The first-order chi connectivity index (χ1) is 12.7. The number of benzene rings is 1. The van der Waals surface area contributed by atoms with Crippen LogP contribution in [0.3, 0.4) is 0 Å². The molecule has 0 bridgehead atoms. The van der Waals surface area contributed by atoms with Crippen molar-refractivity contribution in [2.75, 3.05) is 6.54 Å². The number of hydrogen-bond donors (Lipinski definition) is 1. The van der Waals surface area contributed by atoms with Crippen molar-refractivity contribution in [1.82, 2.24) is 19.4 Å². The van der Waals surface area contributed by atoms with Crippen LogP contribution in [0, 0.1) is 5.92 Å². The van der Waals surface area contributed by atoms with Gasteiger partial charge in [-0.1, -0.05) is 18.2 Å². The predicted octanol–water partition coefficient (Wildman–Crippen LogP) is 2.77. The van der Waals surface area contributed by atoms with Gasteiger partial charge in [-0.25, -0.2) is 4.98 Å². The van der Waals surface area contributed by atoms with Crippen LogP contribution >= 0.6 is 0 Å². The van der Waals surface area contributed by atoms with Crippen molar-refractivity contribution < 1.29 is 0 Å². The van der Waals surface area contributed by atoms with E-state index in [1.54, 1.807) is 0 Å². The Morgan fingerprint density at radius 2 is 2.12 bits per heavy atom. The molecule has 0 atom stereocenters. The molecule has 1 N–H and O–H groups in total. The van der Waals surface area contributed by atoms with E-state index >= 15 is 0 Å². The van der Waals surface area contributed by atoms with E-state index in [0.29, 0.717) is 0 Å². The van der Waals surface area contributed by atoms with E-state index in [4.69, 9.17) is 4.98 Å². The van der Waals surface area contributed by atoms with Crippen molar-refractivity contribution in [3.8, 4) is 0 Å². The molecule has 0 saturated heterocycles. The van der Waals surface area contributed by atoms with Crippen LogP contribution in [0.4, 0.5) is 0 Å². The summed E-state index contributed by atoms with van der Waals surface area (Å²) in [6.07, 6.45) is 6.48. The van der Waals surface area contributed by atoms with Crippen molar-refractivity contribution in [3.63, 3.8) is 0 Å². The van der Waals surface area contributed by atoms with E-state index in [9.17, 15) is 4.79 Å². The van der Waals surface area contributed by atoms with E-state index in [1.165, 1.54) is 29.3 Å². The molecule has 1 fully saturated rings. The molecule has 0 radical (unpaired) electrons. The maximum atomic E-state index is 12.4. The molecule has 0 amide bonds. The summed E-state index contributed by atoms with van der Waals surface area (Å²) in [6, 6.07) is 8.54. The molecule has 2 aromatic heterocycles. The maximum Gasteiger partial charge on any atom is 0.254 e. The van der Waals surface area contributed by atoms with Crippen LogP contribution in [0.5, 0.6) is 0 Å². The second-order valence-corrected chi connectivity index (χ2v) is 7.83. The summed E-state index contributed by atoms with van der Waals surface area (Å²) < 4.78 is 2.19. The third-order valence-electron chi connectivity index (χ3n) is 5.75. The van der Waals surface area contributed by atoms with E-state index < -0.39 is 0 Å². The number of aryl methyl sites for hydroxylation is 1. The monoisotopic (exact) mass is 348 g/mol. The van der Waals surface area contributed by atoms with Gasteiger partial charge in [-0.15, -0.1) is 0 Å². The molecule has 1 saturated carbocycles. The van der Waals surface area contributed by atoms with Crippen molar-refractivity contribution in [2.24, 2.45) is 13.0 Å². The quantitative estimate of drug-likeness (QED) is 0.789. The number of H-pyrrole nitrogens is 1. The van der Waals surface area contributed by atoms with Gasteiger partial charge in [-0.05, 0) is 36.8 Å². The second kappa shape index (κ2) is 6.09. The minimum atomic E-state index is 0.0791. The van der Waals surface area contributed by atoms with Crippen molar-refractivity contribution >= 4 is 10.9 Å². The van der Waals surface area contributed by atoms with Gasteiger partial charge >= 0.3 is 0 Å². The summed E-state index contributed by atoms with van der Waals surface area (Å²) in [5.74, 6) is 1.61. The molecule has 5 nitrogen and oxygen atoms in total. The molecular weight excluding hydrogens is 324 g/mol. The van der Waals surface area contributed by atoms with Crippen LogP contribution in [-0.2, 0) is 33.0 Å². The Hall–Kier alpha value is -2.40. The average molecular weight is 348 g/mol. The number of aromatic amines is 1. The fraction of sp³-hybridized carbons (Fsp3) is 0.429. The van der Waals surface area contributed by atoms with E-state index in [0.717, 1.165) is 55.5 Å². The molecule has 3 heterocycles. The molecule has 134 valence electrons. The summed E-state index contributed by atoms with van der Waals surface area (Å²) in [5.41, 5.74) is 4.56. The Kier molecular flexibility index (Phi) is 3.71. The third kappa shape index (κ3) is 2.86. The zero-order chi connectivity index (χ0) is 17.7. The van der Waals surface area contributed by atoms with Crippen LogP contribution in [0.1, 0.15) is 35.5 Å². The highest BCUT2D eigenvalue weighted by Crippen LogP contribution is 2.31. The van der Waals surface area contributed by atoms with Crippen molar-refractivity contribution in [2.45, 2.75) is 38.8 Å². The lowest BCUT2D eigenvalue weighted by molar-refractivity contribution is 0.240. The Labute approximate surface area is 152 Å². The van der Waals surface area contributed by atoms with Gasteiger partial charge in [-0.2, -0.15) is 0 Å². The second-order valence-electron chi connectivity index (χ2n) is 7.83. The summed E-state index contributed by atoms with van der Waals surface area (Å²) in [5, 5.41) is 1.31. The predicted molar refractivity (Wildman–Crippen MR) is 102 cm³/mol. The van der Waals surface area contributed by atoms with E-state index in [-0.39, 0.29) is 5.56 Å². The summed E-state index contributed by atoms with van der Waals surface area (Å²) in [7, 11) is 2.10. The summed E-state index contributed by atoms with van der Waals surface area (Å²) >= 11 is 0. The van der Waals surface area contributed by atoms with E-state index in [2.05, 4.69) is 52.0 Å². The summed E-state index contributed by atoms with van der Waals surface area (Å²) in [6.45, 7) is 2.57. The summed E-state index contributed by atoms with van der Waals surface area (Å²) in [4.78, 5) is 22.6. The van der Waals surface area contributed by atoms with Gasteiger partial charge in [0.1, 0.15) is 5.82 Å². The molecule has 26 heavy (non-hydrogen) atoms. The standard InChI is InChI=1S/C21H24N4O/c1-24-11-15(16-4-2-3-5-19(16)24)12-25-9-8-17-18(13-25)22-20(23-21(17)26)10-14-6-7-14/h2-5,11,14H,6-10,12-13H2,1H3,(H,22,23,26). The Morgan fingerprint density at radius 3 is 2.96 bits per heavy atom. The molecule has 0 spiro atoms. The number of nitrogens with one attached hydrogen (secondary N) is 1. The molecule has 1 aliphatic heterocycles. The number of nitrogens with zero attached hydrogens (tertiary/aromatic N) is 3. The SMILES string of the molecule is Cn1cc(CN2CCc3c(nc(CC4CC4)[nH]c3=O)C2)c2ccccc21. The number of hydrogen-bond acceptors (Lipinski definition) is 3. The highest BCUT2D eigenvalue weighted by Gasteiger charge is 2.25. The first-order valence-electron chi connectivity index (χ1n) is 9.53. The number of aromatic nitrogens is 3. The Balaban J connectivity index is 1.41. The van der Waals surface area contributed by atoms with Gasteiger partial charge in [0.2, 0.25) is 0 Å². The van der Waals surface area contributed by atoms with Gasteiger partial charge in [-0.3, -0.25) is 9.69 Å². The number of rotatable bonds is 4. The lowest BCUT2D eigenvalue weighted by Crippen LogP contribution is -2.35. The van der Waals surface area contributed by atoms with Crippen LogP contribution in [0.15, 0.2) is 35.3 Å². The lowest BCUT2D eigenvalue weighted by atomic mass is 10.0. The van der Waals surface area contributed by atoms with Gasteiger partial charge in [0.25, 0.3) is 5.56 Å². The zero-order valence-corrected chi connectivity index (χ0v) is 15.2. The fourth-order valence-electron chi connectivity index (χ4n) is 4.16. The topological polar surface area (TPSA) is 53.9 Å². The molecule has 5 heteroatoms. The van der Waals surface area contributed by atoms with Crippen LogP contribution < -0.4 is 5.56 Å². The first-order valence-corrected chi connectivity index (χ1v) is 9.53. The maximum absolute atomic E-state index is 12.4. The molecule has 5 rings (SSSR count). The first kappa shape index (κ1) is 15.8. The van der Waals surface area contributed by atoms with Crippen LogP contribution in [0.2, 0.25) is 0 Å². The van der Waals surface area contributed by atoms with E-state index in [1.807, 2.05) is 0 Å². The van der Waals surface area contributed by atoms with Crippen molar-refractivity contribution in [1.29, 1.82) is 0 Å². The Bertz CT molecular complexity index is 1030. The Morgan fingerprint density at radius 1 is 1.27 bits per heavy atom. The highest BCUT2D eigenvalue weighted by molar-refractivity contribution is 5.83. The molecule has 0 unspecified atom stereocenters. The molecule has 1 aliphatic carbocycles. The van der Waals surface area contributed by atoms with Gasteiger partial charge in [0, 0.05) is 55.8 Å².